The zero-order chi connectivity index (χ0) is 17.7. The van der Waals surface area contributed by atoms with Crippen LogP contribution in [-0.2, 0) is 16.4 Å². The van der Waals surface area contributed by atoms with E-state index in [9.17, 15) is 8.42 Å². The van der Waals surface area contributed by atoms with Gasteiger partial charge in [-0.05, 0) is 29.7 Å². The summed E-state index contributed by atoms with van der Waals surface area (Å²) < 4.78 is 28.5. The predicted octanol–water partition coefficient (Wildman–Crippen LogP) is 3.53. The molecule has 0 fully saturated rings. The van der Waals surface area contributed by atoms with Crippen molar-refractivity contribution in [1.29, 1.82) is 0 Å². The molecule has 3 aromatic carbocycles. The molecule has 3 N–H and O–H groups in total. The van der Waals surface area contributed by atoms with Gasteiger partial charge < -0.3 is 5.73 Å². The normalized spacial score (nSPS) is 12.6. The Morgan fingerprint density at radius 2 is 1.36 bits per heavy atom. The van der Waals surface area contributed by atoms with E-state index in [4.69, 9.17) is 5.73 Å². The van der Waals surface area contributed by atoms with Crippen molar-refractivity contribution >= 4 is 15.7 Å². The highest BCUT2D eigenvalue weighted by Gasteiger charge is 2.23. The molecule has 128 valence electrons. The van der Waals surface area contributed by atoms with Gasteiger partial charge in [0.1, 0.15) is 4.90 Å². The van der Waals surface area contributed by atoms with E-state index in [-0.39, 0.29) is 16.6 Å². The van der Waals surface area contributed by atoms with E-state index in [0.717, 1.165) is 11.1 Å². The molecule has 3 rings (SSSR count). The third-order valence-corrected chi connectivity index (χ3v) is 5.54. The van der Waals surface area contributed by atoms with E-state index in [2.05, 4.69) is 4.72 Å². The summed E-state index contributed by atoms with van der Waals surface area (Å²) in [6.07, 6.45) is 0.552. The topological polar surface area (TPSA) is 72.2 Å². The van der Waals surface area contributed by atoms with Crippen molar-refractivity contribution < 1.29 is 8.42 Å². The molecular formula is C20H20N2O2S. The van der Waals surface area contributed by atoms with Gasteiger partial charge in [0.15, 0.2) is 0 Å². The van der Waals surface area contributed by atoms with Gasteiger partial charge in [0.2, 0.25) is 10.0 Å². The summed E-state index contributed by atoms with van der Waals surface area (Å²) in [4.78, 5) is 0.101. The lowest BCUT2D eigenvalue weighted by molar-refractivity contribution is 0.555. The molecule has 0 amide bonds. The second-order valence-corrected chi connectivity index (χ2v) is 7.49. The Bertz CT molecular complexity index is 926. The zero-order valence-electron chi connectivity index (χ0n) is 13.7. The van der Waals surface area contributed by atoms with Crippen LogP contribution in [0.1, 0.15) is 17.2 Å². The average Bonchev–Trinajstić information content (AvgIpc) is 2.63. The summed E-state index contributed by atoms with van der Waals surface area (Å²) in [5.74, 6) is 0. The van der Waals surface area contributed by atoms with Crippen molar-refractivity contribution in [2.75, 3.05) is 5.73 Å². The highest BCUT2D eigenvalue weighted by Crippen LogP contribution is 2.24. The van der Waals surface area contributed by atoms with E-state index in [0.29, 0.717) is 6.42 Å². The maximum absolute atomic E-state index is 12.8. The lowest BCUT2D eigenvalue weighted by Crippen LogP contribution is -2.30. The van der Waals surface area contributed by atoms with Crippen molar-refractivity contribution in [2.24, 2.45) is 0 Å². The molecule has 0 aliphatic rings. The number of nitrogens with one attached hydrogen (secondary N) is 1. The summed E-state index contributed by atoms with van der Waals surface area (Å²) in [6, 6.07) is 25.5. The molecule has 5 heteroatoms. The molecule has 0 radical (unpaired) electrons. The number of nitrogen functional groups attached to an aromatic ring is 1. The lowest BCUT2D eigenvalue weighted by atomic mass is 10.00. The SMILES string of the molecule is Nc1ccccc1S(=O)(=O)NC(Cc1ccccc1)c1ccccc1. The van der Waals surface area contributed by atoms with Crippen molar-refractivity contribution in [2.45, 2.75) is 17.4 Å². The van der Waals surface area contributed by atoms with Crippen molar-refractivity contribution in [3.05, 3.63) is 96.1 Å². The molecule has 1 unspecified atom stereocenters. The van der Waals surface area contributed by atoms with Gasteiger partial charge in [0.05, 0.1) is 11.7 Å². The van der Waals surface area contributed by atoms with Crippen molar-refractivity contribution in [3.63, 3.8) is 0 Å². The van der Waals surface area contributed by atoms with Crippen LogP contribution >= 0.6 is 0 Å². The first kappa shape index (κ1) is 17.2. The number of hydrogen-bond donors (Lipinski definition) is 2. The van der Waals surface area contributed by atoms with E-state index in [1.165, 1.54) is 6.07 Å². The number of rotatable bonds is 6. The Morgan fingerprint density at radius 3 is 2.00 bits per heavy atom. The Labute approximate surface area is 148 Å². The smallest absolute Gasteiger partial charge is 0.243 e. The van der Waals surface area contributed by atoms with Gasteiger partial charge in [-0.25, -0.2) is 13.1 Å². The standard InChI is InChI=1S/C20H20N2O2S/c21-18-13-7-8-14-20(18)25(23,24)22-19(17-11-5-2-6-12-17)15-16-9-3-1-4-10-16/h1-14,19,22H,15,21H2. The number of hydrogen-bond acceptors (Lipinski definition) is 3. The molecule has 0 aliphatic carbocycles. The van der Waals surface area contributed by atoms with Gasteiger partial charge >= 0.3 is 0 Å². The van der Waals surface area contributed by atoms with Gasteiger partial charge in [-0.3, -0.25) is 0 Å². The number of para-hydroxylation sites is 1. The first-order chi connectivity index (χ1) is 12.1. The fourth-order valence-electron chi connectivity index (χ4n) is 2.74. The first-order valence-corrected chi connectivity index (χ1v) is 9.50. The Morgan fingerprint density at radius 1 is 0.800 bits per heavy atom. The quantitative estimate of drug-likeness (QED) is 0.667. The second-order valence-electron chi connectivity index (χ2n) is 5.81. The Hall–Kier alpha value is -2.63. The molecule has 4 nitrogen and oxygen atoms in total. The zero-order valence-corrected chi connectivity index (χ0v) is 14.5. The van der Waals surface area contributed by atoms with Crippen LogP contribution in [-0.4, -0.2) is 8.42 Å². The van der Waals surface area contributed by atoms with Gasteiger partial charge in [0, 0.05) is 0 Å². The molecule has 0 bridgehead atoms. The summed E-state index contributed by atoms with van der Waals surface area (Å²) in [5.41, 5.74) is 8.05. The van der Waals surface area contributed by atoms with E-state index < -0.39 is 10.0 Å². The van der Waals surface area contributed by atoms with Crippen LogP contribution in [0.25, 0.3) is 0 Å². The molecular weight excluding hydrogens is 332 g/mol. The van der Waals surface area contributed by atoms with Crippen molar-refractivity contribution in [1.82, 2.24) is 4.72 Å². The Kier molecular flexibility index (Phi) is 5.16. The highest BCUT2D eigenvalue weighted by molar-refractivity contribution is 7.89. The summed E-state index contributed by atoms with van der Waals surface area (Å²) >= 11 is 0. The van der Waals surface area contributed by atoms with E-state index >= 15 is 0 Å². The monoisotopic (exact) mass is 352 g/mol. The van der Waals surface area contributed by atoms with Gasteiger partial charge in [-0.15, -0.1) is 0 Å². The summed E-state index contributed by atoms with van der Waals surface area (Å²) in [5, 5.41) is 0. The minimum absolute atomic E-state index is 0.101. The maximum atomic E-state index is 12.8. The van der Waals surface area contributed by atoms with Crippen LogP contribution in [0.15, 0.2) is 89.8 Å². The Balaban J connectivity index is 1.94. The van der Waals surface area contributed by atoms with Crippen LogP contribution < -0.4 is 10.5 Å². The van der Waals surface area contributed by atoms with Crippen LogP contribution in [0, 0.1) is 0 Å². The van der Waals surface area contributed by atoms with E-state index in [1.54, 1.807) is 18.2 Å². The van der Waals surface area contributed by atoms with Gasteiger partial charge in [0.25, 0.3) is 0 Å². The molecule has 3 aromatic rings. The van der Waals surface area contributed by atoms with Crippen LogP contribution in [0.5, 0.6) is 0 Å². The second kappa shape index (κ2) is 7.51. The molecule has 0 spiro atoms. The first-order valence-electron chi connectivity index (χ1n) is 8.02. The van der Waals surface area contributed by atoms with Crippen LogP contribution in [0.4, 0.5) is 5.69 Å². The average molecular weight is 352 g/mol. The molecule has 0 aromatic heterocycles. The fraction of sp³-hybridized carbons (Fsp3) is 0.100. The third kappa shape index (κ3) is 4.26. The number of nitrogens with two attached hydrogens (primary N) is 1. The molecule has 0 saturated heterocycles. The third-order valence-electron chi connectivity index (χ3n) is 3.99. The number of benzene rings is 3. The highest BCUT2D eigenvalue weighted by atomic mass is 32.2. The molecule has 0 heterocycles. The van der Waals surface area contributed by atoms with E-state index in [1.807, 2.05) is 60.7 Å². The molecule has 1 atom stereocenters. The molecule has 25 heavy (non-hydrogen) atoms. The molecule has 0 aliphatic heterocycles. The number of sulfonamides is 1. The largest absolute Gasteiger partial charge is 0.398 e. The van der Waals surface area contributed by atoms with Gasteiger partial charge in [-0.2, -0.15) is 0 Å². The van der Waals surface area contributed by atoms with Crippen molar-refractivity contribution in [3.8, 4) is 0 Å². The fourth-order valence-corrected chi connectivity index (χ4v) is 4.10. The summed E-state index contributed by atoms with van der Waals surface area (Å²) in [6.45, 7) is 0. The van der Waals surface area contributed by atoms with Crippen LogP contribution in [0.2, 0.25) is 0 Å². The molecule has 0 saturated carbocycles. The minimum atomic E-state index is -3.73. The lowest BCUT2D eigenvalue weighted by Gasteiger charge is -2.20. The summed E-state index contributed by atoms with van der Waals surface area (Å²) in [7, 11) is -3.73. The van der Waals surface area contributed by atoms with Crippen LogP contribution in [0.3, 0.4) is 0 Å². The number of anilines is 1. The van der Waals surface area contributed by atoms with Gasteiger partial charge in [-0.1, -0.05) is 72.8 Å². The minimum Gasteiger partial charge on any atom is -0.398 e. The predicted molar refractivity (Wildman–Crippen MR) is 101 cm³/mol. The maximum Gasteiger partial charge on any atom is 0.243 e.